The summed E-state index contributed by atoms with van der Waals surface area (Å²) in [5.41, 5.74) is 8.77. The van der Waals surface area contributed by atoms with Crippen LogP contribution in [0.3, 0.4) is 0 Å². The van der Waals surface area contributed by atoms with E-state index in [-0.39, 0.29) is 18.7 Å². The maximum Gasteiger partial charge on any atom is 0.395 e. The molecule has 0 bridgehead atoms. The fraction of sp³-hybridized carbons (Fsp3) is 0.700. The molecular weight excluding hydrogens is 503 g/mol. The van der Waals surface area contributed by atoms with E-state index in [2.05, 4.69) is 15.3 Å². The van der Waals surface area contributed by atoms with Crippen LogP contribution in [0.15, 0.2) is 16.7 Å². The van der Waals surface area contributed by atoms with Crippen molar-refractivity contribution < 1.29 is 51.7 Å². The number of hydrogen-bond donors (Lipinski definition) is 1. The molecule has 1 rings (SSSR count). The number of hydrogen-bond acceptors (Lipinski definition) is 12. The van der Waals surface area contributed by atoms with E-state index in [9.17, 15) is 23.7 Å². The molecule has 202 valence electrons. The minimum atomic E-state index is -4.11. The number of ether oxygens (including phenoxy) is 4. The van der Waals surface area contributed by atoms with E-state index >= 15 is 0 Å². The molecule has 0 aliphatic carbocycles. The average Bonchev–Trinajstić information content (AvgIpc) is 2.76. The van der Waals surface area contributed by atoms with Crippen LogP contribution in [0.4, 0.5) is 0 Å². The highest BCUT2D eigenvalue weighted by atomic mass is 31.2. The summed E-state index contributed by atoms with van der Waals surface area (Å²) >= 11 is 0. The second-order valence-corrected chi connectivity index (χ2v) is 9.32. The summed E-state index contributed by atoms with van der Waals surface area (Å²) in [7, 11) is -4.11. The summed E-state index contributed by atoms with van der Waals surface area (Å²) in [4.78, 5) is 50.1. The van der Waals surface area contributed by atoms with Crippen molar-refractivity contribution in [3.63, 3.8) is 0 Å². The van der Waals surface area contributed by atoms with Gasteiger partial charge in [0, 0.05) is 32.6 Å². The van der Waals surface area contributed by atoms with E-state index in [1.807, 2.05) is 0 Å². The molecule has 16 heteroatoms. The Balaban J connectivity index is 3.75. The predicted octanol–water partition coefficient (Wildman–Crippen LogP) is 2.10. The molecule has 0 saturated heterocycles. The summed E-state index contributed by atoms with van der Waals surface area (Å²) in [6.45, 7) is 6.92. The van der Waals surface area contributed by atoms with Gasteiger partial charge < -0.3 is 33.3 Å². The Bertz CT molecular complexity index is 940. The number of azide groups is 1. The molecule has 5 unspecified atom stereocenters. The van der Waals surface area contributed by atoms with Crippen LogP contribution in [0.1, 0.15) is 41.5 Å². The van der Waals surface area contributed by atoms with Crippen molar-refractivity contribution in [3.8, 4) is 0 Å². The number of carbonyl (C=O) groups excluding carboxylic acids is 4. The molecule has 0 aromatic carbocycles. The molecule has 36 heavy (non-hydrogen) atoms. The summed E-state index contributed by atoms with van der Waals surface area (Å²) in [6.07, 6.45) is -3.27. The van der Waals surface area contributed by atoms with Crippen LogP contribution in [-0.2, 0) is 51.7 Å². The number of amides is 1. The number of nitrogens with one attached hydrogen (secondary N) is 1. The Morgan fingerprint density at radius 1 is 1.08 bits per heavy atom. The summed E-state index contributed by atoms with van der Waals surface area (Å²) < 4.78 is 45.6. The monoisotopic (exact) mass is 534 g/mol. The average molecular weight is 534 g/mol. The molecule has 1 amide bonds. The summed E-state index contributed by atoms with van der Waals surface area (Å²) in [5.74, 6) is -2.96. The molecule has 0 saturated carbocycles. The zero-order valence-electron chi connectivity index (χ0n) is 20.9. The smallest absolute Gasteiger partial charge is 0.395 e. The van der Waals surface area contributed by atoms with Crippen molar-refractivity contribution >= 4 is 31.4 Å². The maximum atomic E-state index is 13.5. The summed E-state index contributed by atoms with van der Waals surface area (Å²) in [6, 6.07) is -2.44. The van der Waals surface area contributed by atoms with Crippen LogP contribution >= 0.6 is 7.60 Å². The lowest BCUT2D eigenvalue weighted by Gasteiger charge is -2.41. The van der Waals surface area contributed by atoms with Crippen LogP contribution in [0.5, 0.6) is 0 Å². The molecule has 5 atom stereocenters. The zero-order chi connectivity index (χ0) is 27.5. The van der Waals surface area contributed by atoms with E-state index in [4.69, 9.17) is 33.5 Å². The molecule has 0 spiro atoms. The topological polar surface area (TPSA) is 202 Å². The van der Waals surface area contributed by atoms with E-state index in [0.29, 0.717) is 0 Å². The van der Waals surface area contributed by atoms with Crippen molar-refractivity contribution in [3.05, 3.63) is 22.0 Å². The highest BCUT2D eigenvalue weighted by Gasteiger charge is 2.50. The Morgan fingerprint density at radius 3 is 2.11 bits per heavy atom. The first kappa shape index (κ1) is 30.9. The molecule has 0 radical (unpaired) electrons. The van der Waals surface area contributed by atoms with Gasteiger partial charge in [-0.05, 0) is 25.5 Å². The van der Waals surface area contributed by atoms with Crippen LogP contribution in [0.25, 0.3) is 10.4 Å². The SMILES string of the molecule is CCOP(=O)(OCC)C1=CC(N=[N+]=[N-])C(NC(C)=O)C(C(OC(C)=O)C(COC(C)=O)OC(C)=O)O1. The first-order chi connectivity index (χ1) is 16.9. The van der Waals surface area contributed by atoms with Gasteiger partial charge in [-0.3, -0.25) is 23.7 Å². The Morgan fingerprint density at radius 2 is 1.67 bits per heavy atom. The fourth-order valence-electron chi connectivity index (χ4n) is 3.35. The van der Waals surface area contributed by atoms with Crippen molar-refractivity contribution in [2.75, 3.05) is 19.8 Å². The molecule has 1 aliphatic heterocycles. The van der Waals surface area contributed by atoms with Crippen molar-refractivity contribution in [2.24, 2.45) is 5.11 Å². The van der Waals surface area contributed by atoms with Gasteiger partial charge in [0.2, 0.25) is 11.4 Å². The highest BCUT2D eigenvalue weighted by molar-refractivity contribution is 7.58. The molecule has 1 heterocycles. The molecular formula is C20H31N4O11P. The van der Waals surface area contributed by atoms with E-state index in [1.165, 1.54) is 13.0 Å². The number of nitrogens with zero attached hydrogens (tertiary/aromatic N) is 3. The lowest BCUT2D eigenvalue weighted by molar-refractivity contribution is -0.186. The molecule has 1 N–H and O–H groups in total. The number of esters is 3. The lowest BCUT2D eigenvalue weighted by atomic mass is 9.93. The van der Waals surface area contributed by atoms with Crippen molar-refractivity contribution in [2.45, 2.75) is 71.9 Å². The second-order valence-electron chi connectivity index (χ2n) is 7.37. The third-order valence-electron chi connectivity index (χ3n) is 4.48. The number of rotatable bonds is 13. The van der Waals surface area contributed by atoms with Gasteiger partial charge in [-0.2, -0.15) is 0 Å². The first-order valence-electron chi connectivity index (χ1n) is 11.0. The minimum Gasteiger partial charge on any atom is -0.476 e. The van der Waals surface area contributed by atoms with Crippen LogP contribution in [0, 0.1) is 0 Å². The normalized spacial score (nSPS) is 20.9. The highest BCUT2D eigenvalue weighted by Crippen LogP contribution is 2.58. The van der Waals surface area contributed by atoms with Gasteiger partial charge in [-0.1, -0.05) is 5.11 Å². The van der Waals surface area contributed by atoms with Gasteiger partial charge in [0.15, 0.2) is 18.3 Å². The second kappa shape index (κ2) is 14.4. The van der Waals surface area contributed by atoms with E-state index in [0.717, 1.165) is 20.8 Å². The Kier molecular flexibility index (Phi) is 12.4. The fourth-order valence-corrected chi connectivity index (χ4v) is 4.94. The van der Waals surface area contributed by atoms with Crippen LogP contribution < -0.4 is 5.32 Å². The third kappa shape index (κ3) is 9.15. The van der Waals surface area contributed by atoms with Crippen LogP contribution in [0.2, 0.25) is 0 Å². The molecule has 0 fully saturated rings. The third-order valence-corrected chi connectivity index (χ3v) is 6.47. The maximum absolute atomic E-state index is 13.5. The largest absolute Gasteiger partial charge is 0.476 e. The summed E-state index contributed by atoms with van der Waals surface area (Å²) in [5, 5.41) is 6.20. The first-order valence-corrected chi connectivity index (χ1v) is 12.5. The Labute approximate surface area is 207 Å². The van der Waals surface area contributed by atoms with E-state index < -0.39 is 68.4 Å². The van der Waals surface area contributed by atoms with Crippen molar-refractivity contribution in [1.82, 2.24) is 5.32 Å². The number of carbonyl (C=O) groups is 4. The van der Waals surface area contributed by atoms with Gasteiger partial charge in [0.25, 0.3) is 0 Å². The van der Waals surface area contributed by atoms with Crippen LogP contribution in [-0.4, -0.2) is 74.0 Å². The van der Waals surface area contributed by atoms with E-state index in [1.54, 1.807) is 13.8 Å². The van der Waals surface area contributed by atoms with Gasteiger partial charge in [0.1, 0.15) is 6.61 Å². The van der Waals surface area contributed by atoms with Gasteiger partial charge in [-0.25, -0.2) is 0 Å². The molecule has 15 nitrogen and oxygen atoms in total. The molecule has 0 aromatic rings. The standard InChI is InChI=1S/C20H31N4O11P/c1-7-31-36(29,32-8-2)17-9-15(23-24-21)18(22-11(3)25)20(35-17)19(34-14(6)28)16(33-13(5)27)10-30-12(4)26/h9,15-16,18-20H,7-8,10H2,1-6H3,(H,22,25). The van der Waals surface area contributed by atoms with Gasteiger partial charge in [-0.15, -0.1) is 0 Å². The lowest BCUT2D eigenvalue weighted by Crippen LogP contribution is -2.60. The quantitative estimate of drug-likeness (QED) is 0.0905. The molecule has 1 aliphatic rings. The van der Waals surface area contributed by atoms with Crippen molar-refractivity contribution in [1.29, 1.82) is 0 Å². The van der Waals surface area contributed by atoms with Gasteiger partial charge in [0.05, 0.1) is 25.3 Å². The minimum absolute atomic E-state index is 0.0418. The molecule has 0 aromatic heterocycles. The Hall–Kier alpha value is -3.12. The van der Waals surface area contributed by atoms with Gasteiger partial charge >= 0.3 is 25.5 Å². The zero-order valence-corrected chi connectivity index (χ0v) is 21.8. The predicted molar refractivity (Wildman–Crippen MR) is 122 cm³/mol.